The molecule has 1 N–H and O–H groups in total. The molecule has 0 bridgehead atoms. The fourth-order valence-electron chi connectivity index (χ4n) is 2.76. The van der Waals surface area contributed by atoms with Gasteiger partial charge in [0.15, 0.2) is 18.1 Å². The maximum atomic E-state index is 12.3. The van der Waals surface area contributed by atoms with Crippen LogP contribution in [0, 0.1) is 0 Å². The molecule has 0 aliphatic carbocycles. The number of nitrogens with zero attached hydrogens (tertiary/aromatic N) is 1. The number of carbonyl (C=O) groups is 3. The lowest BCUT2D eigenvalue weighted by Gasteiger charge is -2.21. The Balaban J connectivity index is 1.50. The molecule has 0 saturated heterocycles. The number of hydrogen-bond donors (Lipinski definition) is 1. The van der Waals surface area contributed by atoms with E-state index in [1.54, 1.807) is 19.2 Å². The molecule has 8 heteroatoms. The number of benzene rings is 2. The van der Waals surface area contributed by atoms with Crippen LogP contribution >= 0.6 is 0 Å². The van der Waals surface area contributed by atoms with Gasteiger partial charge in [0.05, 0.1) is 5.56 Å². The van der Waals surface area contributed by atoms with Gasteiger partial charge in [-0.15, -0.1) is 0 Å². The molecule has 2 aromatic rings. The van der Waals surface area contributed by atoms with Gasteiger partial charge >= 0.3 is 5.97 Å². The fraction of sp³-hybridized carbons (Fsp3) is 0.286. The zero-order valence-corrected chi connectivity index (χ0v) is 16.3. The molecule has 0 spiro atoms. The monoisotopic (exact) mass is 398 g/mol. The van der Waals surface area contributed by atoms with E-state index in [9.17, 15) is 14.4 Å². The Labute approximate surface area is 168 Å². The molecule has 0 unspecified atom stereocenters. The fourth-order valence-corrected chi connectivity index (χ4v) is 2.76. The summed E-state index contributed by atoms with van der Waals surface area (Å²) in [5.74, 6) is 0.201. The number of carbonyl (C=O) groups excluding carboxylic acids is 3. The van der Waals surface area contributed by atoms with Gasteiger partial charge in [-0.1, -0.05) is 6.07 Å². The number of hydrogen-bond acceptors (Lipinski definition) is 6. The molecule has 1 aliphatic rings. The molecule has 2 aromatic carbocycles. The third kappa shape index (κ3) is 5.47. The van der Waals surface area contributed by atoms with Crippen LogP contribution in [0.1, 0.15) is 22.8 Å². The second-order valence-corrected chi connectivity index (χ2v) is 6.56. The number of esters is 1. The van der Waals surface area contributed by atoms with Crippen molar-refractivity contribution in [3.8, 4) is 11.5 Å². The van der Waals surface area contributed by atoms with Crippen molar-refractivity contribution >= 4 is 23.5 Å². The molecule has 1 heterocycles. The normalized spacial score (nSPS) is 12.1. The van der Waals surface area contributed by atoms with E-state index < -0.39 is 5.97 Å². The predicted octanol–water partition coefficient (Wildman–Crippen LogP) is 2.23. The molecule has 0 saturated carbocycles. The molecular formula is C21H22N2O6. The number of rotatable bonds is 6. The van der Waals surface area contributed by atoms with Gasteiger partial charge in [0.2, 0.25) is 5.91 Å². The molecular weight excluding hydrogens is 376 g/mol. The van der Waals surface area contributed by atoms with Gasteiger partial charge in [0, 0.05) is 26.2 Å². The minimum Gasteiger partial charge on any atom is -0.486 e. The van der Waals surface area contributed by atoms with E-state index in [1.807, 2.05) is 18.2 Å². The summed E-state index contributed by atoms with van der Waals surface area (Å²) >= 11 is 0. The third-order valence-electron chi connectivity index (χ3n) is 4.22. The summed E-state index contributed by atoms with van der Waals surface area (Å²) < 4.78 is 16.1. The summed E-state index contributed by atoms with van der Waals surface area (Å²) in [4.78, 5) is 36.9. The molecule has 8 nitrogen and oxygen atoms in total. The smallest absolute Gasteiger partial charge is 0.338 e. The zero-order chi connectivity index (χ0) is 20.8. The van der Waals surface area contributed by atoms with Gasteiger partial charge in [-0.05, 0) is 42.0 Å². The van der Waals surface area contributed by atoms with Gasteiger partial charge in [-0.2, -0.15) is 0 Å². The van der Waals surface area contributed by atoms with E-state index in [0.717, 1.165) is 5.56 Å². The summed E-state index contributed by atoms with van der Waals surface area (Å²) in [7, 11) is 1.63. The maximum absolute atomic E-state index is 12.3. The van der Waals surface area contributed by atoms with Crippen molar-refractivity contribution in [2.24, 2.45) is 0 Å². The third-order valence-corrected chi connectivity index (χ3v) is 4.22. The van der Waals surface area contributed by atoms with Crippen LogP contribution in [0.3, 0.4) is 0 Å². The molecule has 1 aliphatic heterocycles. The highest BCUT2D eigenvalue weighted by Crippen LogP contribution is 2.31. The molecule has 0 aromatic heterocycles. The van der Waals surface area contributed by atoms with Crippen molar-refractivity contribution in [3.63, 3.8) is 0 Å². The lowest BCUT2D eigenvalue weighted by Crippen LogP contribution is -2.30. The average Bonchev–Trinajstić information content (AvgIpc) is 2.71. The summed E-state index contributed by atoms with van der Waals surface area (Å²) in [5, 5.41) is 2.61. The molecule has 0 fully saturated rings. The Morgan fingerprint density at radius 3 is 2.41 bits per heavy atom. The summed E-state index contributed by atoms with van der Waals surface area (Å²) in [5.41, 5.74) is 1.75. The van der Waals surface area contributed by atoms with Crippen LogP contribution in [0.25, 0.3) is 0 Å². The first-order chi connectivity index (χ1) is 13.9. The molecule has 152 valence electrons. The van der Waals surface area contributed by atoms with Crippen LogP contribution in [0.5, 0.6) is 11.5 Å². The largest absolute Gasteiger partial charge is 0.486 e. The molecule has 2 amide bonds. The average molecular weight is 398 g/mol. The van der Waals surface area contributed by atoms with Crippen molar-refractivity contribution in [1.82, 2.24) is 4.90 Å². The van der Waals surface area contributed by atoms with Crippen LogP contribution in [0.4, 0.5) is 5.69 Å². The lowest BCUT2D eigenvalue weighted by atomic mass is 10.2. The van der Waals surface area contributed by atoms with E-state index in [2.05, 4.69) is 5.32 Å². The first kappa shape index (κ1) is 20.2. The van der Waals surface area contributed by atoms with Crippen LogP contribution in [-0.2, 0) is 20.9 Å². The Morgan fingerprint density at radius 1 is 1.03 bits per heavy atom. The number of nitrogens with one attached hydrogen (secondary N) is 1. The SMILES string of the molecule is CC(=O)Nc1ccc(C(=O)OCC(=O)N(C)Cc2ccc3c(c2)OCCO3)cc1. The van der Waals surface area contributed by atoms with Crippen LogP contribution in [-0.4, -0.2) is 49.6 Å². The minimum absolute atomic E-state index is 0.202. The van der Waals surface area contributed by atoms with Crippen molar-refractivity contribution < 1.29 is 28.6 Å². The topological polar surface area (TPSA) is 94.2 Å². The molecule has 0 atom stereocenters. The molecule has 29 heavy (non-hydrogen) atoms. The van der Waals surface area contributed by atoms with Crippen molar-refractivity contribution in [2.45, 2.75) is 13.5 Å². The van der Waals surface area contributed by atoms with E-state index >= 15 is 0 Å². The van der Waals surface area contributed by atoms with Gasteiger partial charge in [0.1, 0.15) is 13.2 Å². The lowest BCUT2D eigenvalue weighted by molar-refractivity contribution is -0.133. The van der Waals surface area contributed by atoms with Gasteiger partial charge in [0.25, 0.3) is 5.91 Å². The van der Waals surface area contributed by atoms with Gasteiger partial charge in [-0.3, -0.25) is 9.59 Å². The number of likely N-dealkylation sites (N-methyl/N-ethyl adjacent to an activating group) is 1. The highest BCUT2D eigenvalue weighted by atomic mass is 16.6. The van der Waals surface area contributed by atoms with E-state index in [0.29, 0.717) is 42.5 Å². The highest BCUT2D eigenvalue weighted by molar-refractivity contribution is 5.93. The second-order valence-electron chi connectivity index (χ2n) is 6.56. The summed E-state index contributed by atoms with van der Waals surface area (Å²) in [6, 6.07) is 11.7. The predicted molar refractivity (Wildman–Crippen MR) is 105 cm³/mol. The van der Waals surface area contributed by atoms with E-state index in [4.69, 9.17) is 14.2 Å². The van der Waals surface area contributed by atoms with Crippen LogP contribution < -0.4 is 14.8 Å². The summed E-state index contributed by atoms with van der Waals surface area (Å²) in [6.07, 6.45) is 0. The first-order valence-corrected chi connectivity index (χ1v) is 9.09. The number of ether oxygens (including phenoxy) is 3. The first-order valence-electron chi connectivity index (χ1n) is 9.09. The van der Waals surface area contributed by atoms with Crippen molar-refractivity contribution in [3.05, 3.63) is 53.6 Å². The van der Waals surface area contributed by atoms with Crippen LogP contribution in [0.15, 0.2) is 42.5 Å². The number of fused-ring (bicyclic) bond motifs is 1. The highest BCUT2D eigenvalue weighted by Gasteiger charge is 2.16. The van der Waals surface area contributed by atoms with Crippen molar-refractivity contribution in [1.29, 1.82) is 0 Å². The standard InChI is InChI=1S/C21H22N2O6/c1-14(24)22-17-6-4-16(5-7-17)21(26)29-13-20(25)23(2)12-15-3-8-18-19(11-15)28-10-9-27-18/h3-8,11H,9-10,12-13H2,1-2H3,(H,22,24). The Morgan fingerprint density at radius 2 is 1.72 bits per heavy atom. The molecule has 0 radical (unpaired) electrons. The summed E-state index contributed by atoms with van der Waals surface area (Å²) in [6.45, 7) is 2.39. The minimum atomic E-state index is -0.611. The Hall–Kier alpha value is -3.55. The van der Waals surface area contributed by atoms with Crippen molar-refractivity contribution in [2.75, 3.05) is 32.2 Å². The second kappa shape index (κ2) is 9.09. The quantitative estimate of drug-likeness (QED) is 0.750. The Bertz CT molecular complexity index is 910. The van der Waals surface area contributed by atoms with Gasteiger partial charge in [-0.25, -0.2) is 4.79 Å². The zero-order valence-electron chi connectivity index (χ0n) is 16.3. The Kier molecular flexibility index (Phi) is 6.33. The van der Waals surface area contributed by atoms with E-state index in [-0.39, 0.29) is 18.4 Å². The molecule has 3 rings (SSSR count). The van der Waals surface area contributed by atoms with Gasteiger partial charge < -0.3 is 24.4 Å². The van der Waals surface area contributed by atoms with Crippen LogP contribution in [0.2, 0.25) is 0 Å². The number of amides is 2. The maximum Gasteiger partial charge on any atom is 0.338 e. The number of anilines is 1. The van der Waals surface area contributed by atoms with E-state index in [1.165, 1.54) is 24.0 Å².